The van der Waals surface area contributed by atoms with Crippen molar-refractivity contribution < 1.29 is 9.90 Å². The normalized spacial score (nSPS) is 10.8. The van der Waals surface area contributed by atoms with E-state index in [0.29, 0.717) is 26.7 Å². The smallest absolute Gasteiger partial charge is 0.313 e. The van der Waals surface area contributed by atoms with Gasteiger partial charge in [0, 0.05) is 4.47 Å². The Morgan fingerprint density at radius 1 is 1.40 bits per heavy atom. The van der Waals surface area contributed by atoms with E-state index in [9.17, 15) is 4.79 Å². The first-order valence-corrected chi connectivity index (χ1v) is 7.85. The summed E-state index contributed by atoms with van der Waals surface area (Å²) in [6, 6.07) is 3.40. The molecule has 2 rings (SSSR count). The molecule has 0 amide bonds. The van der Waals surface area contributed by atoms with Gasteiger partial charge in [0.15, 0.2) is 5.16 Å². The molecule has 0 saturated heterocycles. The predicted octanol–water partition coefficient (Wildman–Crippen LogP) is 3.82. The van der Waals surface area contributed by atoms with Gasteiger partial charge in [-0.25, -0.2) is 0 Å². The molecule has 20 heavy (non-hydrogen) atoms. The van der Waals surface area contributed by atoms with E-state index in [1.165, 1.54) is 0 Å². The lowest BCUT2D eigenvalue weighted by Crippen LogP contribution is -2.04. The standard InChI is InChI=1S/C11H8BrCl2N3O2S/c1-5-15-16-11(20-4-9(18)19)17(5)10-7(13)2-6(12)3-8(10)14/h2-3H,4H2,1H3,(H,18,19). The van der Waals surface area contributed by atoms with Crippen LogP contribution in [0.2, 0.25) is 10.0 Å². The van der Waals surface area contributed by atoms with E-state index < -0.39 is 5.97 Å². The average Bonchev–Trinajstić information content (AvgIpc) is 2.67. The van der Waals surface area contributed by atoms with E-state index >= 15 is 0 Å². The molecular formula is C11H8BrCl2N3O2S. The molecule has 0 saturated carbocycles. The highest BCUT2D eigenvalue weighted by Gasteiger charge is 2.18. The van der Waals surface area contributed by atoms with Crippen LogP contribution in [0.3, 0.4) is 0 Å². The molecule has 0 aliphatic rings. The van der Waals surface area contributed by atoms with E-state index in [-0.39, 0.29) is 5.75 Å². The molecular weight excluding hydrogens is 389 g/mol. The second kappa shape index (κ2) is 6.34. The van der Waals surface area contributed by atoms with Crippen LogP contribution in [0.15, 0.2) is 21.8 Å². The topological polar surface area (TPSA) is 68.0 Å². The van der Waals surface area contributed by atoms with Crippen molar-refractivity contribution in [3.63, 3.8) is 0 Å². The van der Waals surface area contributed by atoms with Crippen molar-refractivity contribution >= 4 is 56.9 Å². The van der Waals surface area contributed by atoms with Gasteiger partial charge in [-0.15, -0.1) is 10.2 Å². The number of aryl methyl sites for hydroxylation is 1. The molecule has 5 nitrogen and oxygen atoms in total. The van der Waals surface area contributed by atoms with Crippen molar-refractivity contribution in [1.29, 1.82) is 0 Å². The number of aromatic nitrogens is 3. The Kier molecular flexibility index (Phi) is 4.95. The van der Waals surface area contributed by atoms with Gasteiger partial charge in [0.25, 0.3) is 0 Å². The molecule has 1 aromatic heterocycles. The largest absolute Gasteiger partial charge is 0.481 e. The number of carboxylic acids is 1. The number of benzene rings is 1. The van der Waals surface area contributed by atoms with Gasteiger partial charge in [0.1, 0.15) is 5.82 Å². The first-order valence-electron chi connectivity index (χ1n) is 5.31. The minimum atomic E-state index is -0.935. The summed E-state index contributed by atoms with van der Waals surface area (Å²) in [5.41, 5.74) is 0.534. The fourth-order valence-electron chi connectivity index (χ4n) is 1.57. The summed E-state index contributed by atoms with van der Waals surface area (Å²) in [5, 5.41) is 17.9. The average molecular weight is 397 g/mol. The predicted molar refractivity (Wildman–Crippen MR) is 82.2 cm³/mol. The first-order chi connectivity index (χ1) is 9.40. The van der Waals surface area contributed by atoms with Gasteiger partial charge in [-0.05, 0) is 19.1 Å². The van der Waals surface area contributed by atoms with Crippen LogP contribution in [0.1, 0.15) is 5.82 Å². The highest BCUT2D eigenvalue weighted by molar-refractivity contribution is 9.10. The third kappa shape index (κ3) is 3.28. The lowest BCUT2D eigenvalue weighted by atomic mass is 10.3. The van der Waals surface area contributed by atoms with Crippen molar-refractivity contribution in [3.8, 4) is 5.69 Å². The zero-order valence-electron chi connectivity index (χ0n) is 10.1. The Morgan fingerprint density at radius 2 is 2.00 bits per heavy atom. The fraction of sp³-hybridized carbons (Fsp3) is 0.182. The molecule has 106 valence electrons. The maximum Gasteiger partial charge on any atom is 0.313 e. The Labute approximate surface area is 137 Å². The molecule has 2 aromatic rings. The van der Waals surface area contributed by atoms with Gasteiger partial charge in [0.2, 0.25) is 0 Å². The first kappa shape index (κ1) is 15.6. The molecule has 0 aliphatic heterocycles. The van der Waals surface area contributed by atoms with Gasteiger partial charge in [0.05, 0.1) is 21.5 Å². The van der Waals surface area contributed by atoms with Crippen molar-refractivity contribution in [2.24, 2.45) is 0 Å². The summed E-state index contributed by atoms with van der Waals surface area (Å²) in [5.74, 6) is -0.483. The van der Waals surface area contributed by atoms with Gasteiger partial charge in [-0.2, -0.15) is 0 Å². The lowest BCUT2D eigenvalue weighted by Gasteiger charge is -2.12. The minimum absolute atomic E-state index is 0.121. The molecule has 0 fully saturated rings. The summed E-state index contributed by atoms with van der Waals surface area (Å²) in [6.07, 6.45) is 0. The van der Waals surface area contributed by atoms with Crippen LogP contribution in [0.4, 0.5) is 0 Å². The van der Waals surface area contributed by atoms with Crippen molar-refractivity contribution in [2.45, 2.75) is 12.1 Å². The summed E-state index contributed by atoms with van der Waals surface area (Å²) < 4.78 is 2.40. The summed E-state index contributed by atoms with van der Waals surface area (Å²) in [4.78, 5) is 10.7. The van der Waals surface area contributed by atoms with Gasteiger partial charge < -0.3 is 5.11 Å². The monoisotopic (exact) mass is 395 g/mol. The van der Waals surface area contributed by atoms with Crippen LogP contribution in [0, 0.1) is 6.92 Å². The van der Waals surface area contributed by atoms with E-state index in [1.807, 2.05) is 0 Å². The van der Waals surface area contributed by atoms with Gasteiger partial charge in [-0.1, -0.05) is 50.9 Å². The molecule has 1 aromatic carbocycles. The number of carboxylic acid groups (broad SMARTS) is 1. The lowest BCUT2D eigenvalue weighted by molar-refractivity contribution is -0.133. The van der Waals surface area contributed by atoms with E-state index in [1.54, 1.807) is 23.6 Å². The molecule has 0 spiro atoms. The minimum Gasteiger partial charge on any atom is -0.481 e. The van der Waals surface area contributed by atoms with E-state index in [0.717, 1.165) is 16.2 Å². The zero-order valence-corrected chi connectivity index (χ0v) is 14.0. The second-order valence-corrected chi connectivity index (χ2v) is 6.44. The van der Waals surface area contributed by atoms with Crippen molar-refractivity contribution in [1.82, 2.24) is 14.8 Å². The zero-order chi connectivity index (χ0) is 14.9. The number of nitrogens with zero attached hydrogens (tertiary/aromatic N) is 3. The molecule has 1 N–H and O–H groups in total. The molecule has 0 aliphatic carbocycles. The molecule has 9 heteroatoms. The van der Waals surface area contributed by atoms with Crippen molar-refractivity contribution in [2.75, 3.05) is 5.75 Å². The van der Waals surface area contributed by atoms with E-state index in [2.05, 4.69) is 26.1 Å². The third-order valence-electron chi connectivity index (χ3n) is 2.33. The van der Waals surface area contributed by atoms with Crippen LogP contribution < -0.4 is 0 Å². The number of carbonyl (C=O) groups is 1. The van der Waals surface area contributed by atoms with Crippen LogP contribution >= 0.6 is 50.9 Å². The molecule has 0 unspecified atom stereocenters. The van der Waals surface area contributed by atoms with Crippen LogP contribution in [-0.4, -0.2) is 31.6 Å². The van der Waals surface area contributed by atoms with Crippen LogP contribution in [0.5, 0.6) is 0 Å². The fourth-order valence-corrected chi connectivity index (χ4v) is 3.65. The Hall–Kier alpha value is -0.760. The summed E-state index contributed by atoms with van der Waals surface area (Å²) in [7, 11) is 0. The maximum absolute atomic E-state index is 10.7. The number of hydrogen-bond acceptors (Lipinski definition) is 4. The molecule has 0 bridgehead atoms. The quantitative estimate of drug-likeness (QED) is 0.795. The van der Waals surface area contributed by atoms with Gasteiger partial charge >= 0.3 is 5.97 Å². The summed E-state index contributed by atoms with van der Waals surface area (Å²) in [6.45, 7) is 1.74. The van der Waals surface area contributed by atoms with Crippen LogP contribution in [0.25, 0.3) is 5.69 Å². The Morgan fingerprint density at radius 3 is 2.55 bits per heavy atom. The number of halogens is 3. The second-order valence-electron chi connectivity index (χ2n) is 3.77. The number of hydrogen-bond donors (Lipinski definition) is 1. The van der Waals surface area contributed by atoms with Gasteiger partial charge in [-0.3, -0.25) is 9.36 Å². The highest BCUT2D eigenvalue weighted by atomic mass is 79.9. The number of aliphatic carboxylic acids is 1. The molecule has 0 radical (unpaired) electrons. The molecule has 0 atom stereocenters. The molecule has 1 heterocycles. The Balaban J connectivity index is 2.52. The maximum atomic E-state index is 10.7. The third-order valence-corrected chi connectivity index (χ3v) is 4.27. The highest BCUT2D eigenvalue weighted by Crippen LogP contribution is 2.35. The number of thioether (sulfide) groups is 1. The van der Waals surface area contributed by atoms with Crippen LogP contribution in [-0.2, 0) is 4.79 Å². The Bertz CT molecular complexity index is 655. The van der Waals surface area contributed by atoms with Crippen molar-refractivity contribution in [3.05, 3.63) is 32.5 Å². The summed E-state index contributed by atoms with van der Waals surface area (Å²) >= 11 is 16.8. The SMILES string of the molecule is Cc1nnc(SCC(=O)O)n1-c1c(Cl)cc(Br)cc1Cl. The van der Waals surface area contributed by atoms with E-state index in [4.69, 9.17) is 28.3 Å². The number of rotatable bonds is 4.